The van der Waals surface area contributed by atoms with Gasteiger partial charge in [-0.15, -0.1) is 0 Å². The summed E-state index contributed by atoms with van der Waals surface area (Å²) in [6.45, 7) is 6.41. The first kappa shape index (κ1) is 17.4. The summed E-state index contributed by atoms with van der Waals surface area (Å²) in [6, 6.07) is 8.98. The first-order valence-electron chi connectivity index (χ1n) is 7.80. The summed E-state index contributed by atoms with van der Waals surface area (Å²) in [7, 11) is -1.46. The van der Waals surface area contributed by atoms with Crippen LogP contribution in [0.4, 0.5) is 0 Å². The molecule has 0 amide bonds. The Kier molecular flexibility index (Phi) is 5.97. The van der Waals surface area contributed by atoms with Crippen molar-refractivity contribution in [2.45, 2.75) is 25.9 Å². The third kappa shape index (κ3) is 5.05. The third-order valence-corrected chi connectivity index (χ3v) is 5.54. The van der Waals surface area contributed by atoms with Crippen LogP contribution >= 0.6 is 0 Å². The molecule has 2 rings (SSSR count). The second-order valence-corrected chi connectivity index (χ2v) is 8.28. The summed E-state index contributed by atoms with van der Waals surface area (Å²) in [5.41, 5.74) is 2.90. The monoisotopic (exact) mass is 325 g/mol. The topological polar surface area (TPSA) is 52.6 Å². The fourth-order valence-electron chi connectivity index (χ4n) is 2.80. The Labute approximate surface area is 134 Å². The Hall–Kier alpha value is -0.950. The maximum atomic E-state index is 11.3. The van der Waals surface area contributed by atoms with E-state index < -0.39 is 10.0 Å². The third-order valence-electron chi connectivity index (χ3n) is 4.23. The van der Waals surface area contributed by atoms with Crippen molar-refractivity contribution < 1.29 is 8.42 Å². The van der Waals surface area contributed by atoms with E-state index in [1.807, 2.05) is 0 Å². The molecular weight excluding hydrogens is 298 g/mol. The van der Waals surface area contributed by atoms with Gasteiger partial charge in [-0.1, -0.05) is 24.3 Å². The highest BCUT2D eigenvalue weighted by molar-refractivity contribution is 7.88. The van der Waals surface area contributed by atoms with Crippen LogP contribution < -0.4 is 5.32 Å². The SMILES string of the molecule is CC(CN1CCc2ccccc2C1)NCCN(C)S(C)(=O)=O. The summed E-state index contributed by atoms with van der Waals surface area (Å²) in [6.07, 6.45) is 2.35. The number of hydrogen-bond acceptors (Lipinski definition) is 4. The lowest BCUT2D eigenvalue weighted by atomic mass is 10.00. The quantitative estimate of drug-likeness (QED) is 0.810. The molecule has 0 radical (unpaired) electrons. The molecular formula is C16H27N3O2S. The lowest BCUT2D eigenvalue weighted by Gasteiger charge is -2.31. The maximum Gasteiger partial charge on any atom is 0.210 e. The predicted molar refractivity (Wildman–Crippen MR) is 90.4 cm³/mol. The van der Waals surface area contributed by atoms with Gasteiger partial charge in [-0.05, 0) is 24.5 Å². The molecule has 5 nitrogen and oxygen atoms in total. The highest BCUT2D eigenvalue weighted by atomic mass is 32.2. The molecule has 1 unspecified atom stereocenters. The Morgan fingerprint density at radius 3 is 2.68 bits per heavy atom. The molecule has 0 saturated carbocycles. The number of fused-ring (bicyclic) bond motifs is 1. The molecule has 1 aromatic carbocycles. The minimum Gasteiger partial charge on any atom is -0.312 e. The van der Waals surface area contributed by atoms with Crippen molar-refractivity contribution in [3.63, 3.8) is 0 Å². The van der Waals surface area contributed by atoms with Crippen LogP contribution in [0.5, 0.6) is 0 Å². The van der Waals surface area contributed by atoms with Crippen LogP contribution in [0.1, 0.15) is 18.1 Å². The van der Waals surface area contributed by atoms with E-state index >= 15 is 0 Å². The Morgan fingerprint density at radius 1 is 1.32 bits per heavy atom. The standard InChI is InChI=1S/C16H27N3O2S/c1-14(17-9-11-18(2)22(3,20)21)12-19-10-8-15-6-4-5-7-16(15)13-19/h4-7,14,17H,8-13H2,1-3H3. The van der Waals surface area contributed by atoms with E-state index in [1.54, 1.807) is 7.05 Å². The second-order valence-electron chi connectivity index (χ2n) is 6.19. The maximum absolute atomic E-state index is 11.3. The van der Waals surface area contributed by atoms with Crippen LogP contribution in [0.15, 0.2) is 24.3 Å². The van der Waals surface area contributed by atoms with E-state index in [0.29, 0.717) is 19.1 Å². The van der Waals surface area contributed by atoms with E-state index in [0.717, 1.165) is 26.1 Å². The molecule has 6 heteroatoms. The Balaban J connectivity index is 1.73. The van der Waals surface area contributed by atoms with Crippen molar-refractivity contribution in [2.24, 2.45) is 0 Å². The molecule has 1 aromatic rings. The van der Waals surface area contributed by atoms with Crippen LogP contribution in [-0.2, 0) is 23.0 Å². The zero-order valence-electron chi connectivity index (χ0n) is 13.7. The number of benzene rings is 1. The molecule has 0 saturated heterocycles. The molecule has 0 aromatic heterocycles. The lowest BCUT2D eigenvalue weighted by Crippen LogP contribution is -2.43. The number of sulfonamides is 1. The number of likely N-dealkylation sites (N-methyl/N-ethyl adjacent to an activating group) is 1. The van der Waals surface area contributed by atoms with E-state index in [9.17, 15) is 8.42 Å². The van der Waals surface area contributed by atoms with E-state index in [-0.39, 0.29) is 0 Å². The van der Waals surface area contributed by atoms with Gasteiger partial charge in [0, 0.05) is 45.8 Å². The van der Waals surface area contributed by atoms with Gasteiger partial charge < -0.3 is 5.32 Å². The van der Waals surface area contributed by atoms with Gasteiger partial charge in [0.25, 0.3) is 0 Å². The smallest absolute Gasteiger partial charge is 0.210 e. The van der Waals surface area contributed by atoms with E-state index in [1.165, 1.54) is 21.7 Å². The minimum absolute atomic E-state index is 0.346. The fraction of sp³-hybridized carbons (Fsp3) is 0.625. The number of rotatable bonds is 7. The van der Waals surface area contributed by atoms with Crippen LogP contribution in [0.25, 0.3) is 0 Å². The first-order valence-corrected chi connectivity index (χ1v) is 9.65. The first-order chi connectivity index (χ1) is 10.4. The lowest BCUT2D eigenvalue weighted by molar-refractivity contribution is 0.229. The molecule has 1 aliphatic rings. The van der Waals surface area contributed by atoms with Crippen molar-refractivity contribution in [2.75, 3.05) is 39.5 Å². The molecule has 22 heavy (non-hydrogen) atoms. The van der Waals surface area contributed by atoms with Gasteiger partial charge in [0.15, 0.2) is 0 Å². The summed E-state index contributed by atoms with van der Waals surface area (Å²) >= 11 is 0. The molecule has 1 heterocycles. The normalized spacial score (nSPS) is 17.5. The minimum atomic E-state index is -3.08. The molecule has 0 bridgehead atoms. The van der Waals surface area contributed by atoms with Gasteiger partial charge in [0.05, 0.1) is 6.26 Å². The van der Waals surface area contributed by atoms with Gasteiger partial charge in [0.1, 0.15) is 0 Å². The van der Waals surface area contributed by atoms with Crippen molar-refractivity contribution in [1.29, 1.82) is 0 Å². The van der Waals surface area contributed by atoms with Gasteiger partial charge in [-0.3, -0.25) is 4.90 Å². The summed E-state index contributed by atoms with van der Waals surface area (Å²) < 4.78 is 24.0. The van der Waals surface area contributed by atoms with Gasteiger partial charge in [0.2, 0.25) is 10.0 Å². The molecule has 0 spiro atoms. The highest BCUT2D eigenvalue weighted by Crippen LogP contribution is 2.18. The number of hydrogen-bond donors (Lipinski definition) is 1. The number of nitrogens with zero attached hydrogens (tertiary/aromatic N) is 2. The van der Waals surface area contributed by atoms with Gasteiger partial charge in [-0.25, -0.2) is 12.7 Å². The average molecular weight is 325 g/mol. The van der Waals surface area contributed by atoms with Crippen LogP contribution in [0, 0.1) is 0 Å². The summed E-state index contributed by atoms with van der Waals surface area (Å²) in [5, 5.41) is 3.41. The number of nitrogens with one attached hydrogen (secondary N) is 1. The average Bonchev–Trinajstić information content (AvgIpc) is 2.46. The Bertz CT molecular complexity index is 589. The van der Waals surface area contributed by atoms with Crippen molar-refractivity contribution >= 4 is 10.0 Å². The zero-order valence-corrected chi connectivity index (χ0v) is 14.6. The highest BCUT2D eigenvalue weighted by Gasteiger charge is 2.17. The van der Waals surface area contributed by atoms with Crippen molar-refractivity contribution in [3.05, 3.63) is 35.4 Å². The van der Waals surface area contributed by atoms with Gasteiger partial charge in [-0.2, -0.15) is 0 Å². The van der Waals surface area contributed by atoms with Crippen LogP contribution in [-0.4, -0.2) is 63.1 Å². The summed E-state index contributed by atoms with van der Waals surface area (Å²) in [4.78, 5) is 2.46. The van der Waals surface area contributed by atoms with Crippen LogP contribution in [0.2, 0.25) is 0 Å². The Morgan fingerprint density at radius 2 is 2.00 bits per heavy atom. The summed E-state index contributed by atoms with van der Waals surface area (Å²) in [5.74, 6) is 0. The molecule has 1 atom stereocenters. The van der Waals surface area contributed by atoms with E-state index in [2.05, 4.69) is 41.4 Å². The zero-order chi connectivity index (χ0) is 16.2. The molecule has 124 valence electrons. The van der Waals surface area contributed by atoms with E-state index in [4.69, 9.17) is 0 Å². The largest absolute Gasteiger partial charge is 0.312 e. The molecule has 0 aliphatic carbocycles. The van der Waals surface area contributed by atoms with Crippen molar-refractivity contribution in [1.82, 2.24) is 14.5 Å². The molecule has 1 N–H and O–H groups in total. The molecule has 1 aliphatic heterocycles. The second kappa shape index (κ2) is 7.55. The van der Waals surface area contributed by atoms with Crippen LogP contribution in [0.3, 0.4) is 0 Å². The van der Waals surface area contributed by atoms with Crippen molar-refractivity contribution in [3.8, 4) is 0 Å². The molecule has 0 fully saturated rings. The predicted octanol–water partition coefficient (Wildman–Crippen LogP) is 0.914. The fourth-order valence-corrected chi connectivity index (χ4v) is 3.22. The van der Waals surface area contributed by atoms with Gasteiger partial charge >= 0.3 is 0 Å².